The Morgan fingerprint density at radius 3 is 2.61 bits per heavy atom. The molecule has 0 fully saturated rings. The first-order valence-electron chi connectivity index (χ1n) is 5.66. The van der Waals surface area contributed by atoms with Crippen molar-refractivity contribution in [3.63, 3.8) is 0 Å². The summed E-state index contributed by atoms with van der Waals surface area (Å²) in [5, 5.41) is 0. The van der Waals surface area contributed by atoms with Gasteiger partial charge in [0.25, 0.3) is 0 Å². The van der Waals surface area contributed by atoms with Gasteiger partial charge in [-0.1, -0.05) is 12.1 Å². The van der Waals surface area contributed by atoms with Crippen LogP contribution in [0.15, 0.2) is 47.1 Å². The highest BCUT2D eigenvalue weighted by atomic mass is 79.9. The number of methoxy groups -OCH3 is 1. The Hall–Kier alpha value is -1.39. The summed E-state index contributed by atoms with van der Waals surface area (Å²) >= 11 is 3.40. The molecule has 1 aromatic heterocycles. The van der Waals surface area contributed by atoms with Gasteiger partial charge in [-0.3, -0.25) is 0 Å². The fourth-order valence-electron chi connectivity index (χ4n) is 1.50. The molecule has 1 aromatic carbocycles. The molecule has 0 aliphatic carbocycles. The average molecular weight is 308 g/mol. The van der Waals surface area contributed by atoms with Crippen LogP contribution in [0.3, 0.4) is 0 Å². The van der Waals surface area contributed by atoms with E-state index in [2.05, 4.69) is 20.9 Å². The second kappa shape index (κ2) is 6.52. The summed E-state index contributed by atoms with van der Waals surface area (Å²) in [6, 6.07) is 11.7. The Morgan fingerprint density at radius 2 is 1.94 bits per heavy atom. The van der Waals surface area contributed by atoms with Crippen molar-refractivity contribution in [1.29, 1.82) is 0 Å². The van der Waals surface area contributed by atoms with Gasteiger partial charge >= 0.3 is 0 Å². The number of rotatable bonds is 5. The Balaban J connectivity index is 2.04. The summed E-state index contributed by atoms with van der Waals surface area (Å²) in [5.74, 6) is 1.35. The van der Waals surface area contributed by atoms with Gasteiger partial charge in [-0.05, 0) is 52.2 Å². The van der Waals surface area contributed by atoms with Crippen molar-refractivity contribution in [2.24, 2.45) is 0 Å². The molecule has 0 radical (unpaired) electrons. The number of pyridine rings is 1. The lowest BCUT2D eigenvalue weighted by Gasteiger charge is -2.07. The number of ether oxygens (including phenoxy) is 2. The molecular weight excluding hydrogens is 294 g/mol. The van der Waals surface area contributed by atoms with E-state index in [-0.39, 0.29) is 0 Å². The van der Waals surface area contributed by atoms with E-state index in [9.17, 15) is 0 Å². The number of benzene rings is 1. The molecule has 0 spiro atoms. The van der Waals surface area contributed by atoms with E-state index in [0.717, 1.165) is 23.2 Å². The maximum atomic E-state index is 5.68. The van der Waals surface area contributed by atoms with E-state index < -0.39 is 0 Å². The van der Waals surface area contributed by atoms with Gasteiger partial charge in [0, 0.05) is 13.3 Å². The Kier molecular flexibility index (Phi) is 4.73. The molecule has 4 heteroatoms. The summed E-state index contributed by atoms with van der Waals surface area (Å²) in [5.41, 5.74) is 1.23. The molecule has 0 amide bonds. The van der Waals surface area contributed by atoms with Crippen molar-refractivity contribution in [3.8, 4) is 11.6 Å². The number of aromatic nitrogens is 1. The first-order chi connectivity index (χ1) is 8.79. The minimum atomic E-state index is 0.571. The Bertz CT molecular complexity index is 499. The molecule has 3 nitrogen and oxygen atoms in total. The van der Waals surface area contributed by atoms with Crippen LogP contribution in [-0.4, -0.2) is 18.7 Å². The summed E-state index contributed by atoms with van der Waals surface area (Å²) in [4.78, 5) is 4.16. The lowest BCUT2D eigenvalue weighted by Crippen LogP contribution is -1.94. The summed E-state index contributed by atoms with van der Waals surface area (Å²) < 4.78 is 11.6. The smallest absolute Gasteiger partial charge is 0.233 e. The van der Waals surface area contributed by atoms with Crippen LogP contribution in [0.2, 0.25) is 0 Å². The minimum Gasteiger partial charge on any atom is -0.438 e. The Labute approximate surface area is 115 Å². The molecule has 0 aliphatic heterocycles. The Morgan fingerprint density at radius 1 is 1.17 bits per heavy atom. The van der Waals surface area contributed by atoms with Gasteiger partial charge in [-0.15, -0.1) is 0 Å². The van der Waals surface area contributed by atoms with Crippen LogP contribution >= 0.6 is 15.9 Å². The average Bonchev–Trinajstić information content (AvgIpc) is 2.41. The van der Waals surface area contributed by atoms with Gasteiger partial charge in [0.2, 0.25) is 5.88 Å². The van der Waals surface area contributed by atoms with Crippen LogP contribution in [0.1, 0.15) is 5.56 Å². The number of hydrogen-bond donors (Lipinski definition) is 0. The monoisotopic (exact) mass is 307 g/mol. The number of nitrogens with zero attached hydrogens (tertiary/aromatic N) is 1. The molecule has 0 aliphatic rings. The van der Waals surface area contributed by atoms with Crippen molar-refractivity contribution < 1.29 is 9.47 Å². The number of halogens is 1. The quantitative estimate of drug-likeness (QED) is 0.841. The highest BCUT2D eigenvalue weighted by Crippen LogP contribution is 2.26. The molecule has 2 aromatic rings. The van der Waals surface area contributed by atoms with Gasteiger partial charge in [-0.25, -0.2) is 4.98 Å². The van der Waals surface area contributed by atoms with Gasteiger partial charge in [0.05, 0.1) is 11.1 Å². The normalized spacial score (nSPS) is 10.3. The maximum Gasteiger partial charge on any atom is 0.233 e. The third kappa shape index (κ3) is 3.55. The fraction of sp³-hybridized carbons (Fsp3) is 0.214. The van der Waals surface area contributed by atoms with Crippen molar-refractivity contribution >= 4 is 15.9 Å². The predicted octanol–water partition coefficient (Wildman–Crippen LogP) is 3.83. The molecule has 0 saturated heterocycles. The molecular formula is C14H14BrNO2. The molecule has 94 valence electrons. The predicted molar refractivity (Wildman–Crippen MR) is 74.0 cm³/mol. The summed E-state index contributed by atoms with van der Waals surface area (Å²) in [7, 11) is 1.70. The molecule has 0 atom stereocenters. The van der Waals surface area contributed by atoms with E-state index in [1.807, 2.05) is 36.4 Å². The highest BCUT2D eigenvalue weighted by molar-refractivity contribution is 9.10. The van der Waals surface area contributed by atoms with E-state index in [1.165, 1.54) is 5.56 Å². The van der Waals surface area contributed by atoms with Crippen LogP contribution in [0.25, 0.3) is 0 Å². The van der Waals surface area contributed by atoms with Crippen molar-refractivity contribution in [2.75, 3.05) is 13.7 Å². The van der Waals surface area contributed by atoms with E-state index in [4.69, 9.17) is 9.47 Å². The topological polar surface area (TPSA) is 31.4 Å². The fourth-order valence-corrected chi connectivity index (χ4v) is 1.84. The van der Waals surface area contributed by atoms with Gasteiger partial charge in [-0.2, -0.15) is 0 Å². The zero-order valence-corrected chi connectivity index (χ0v) is 11.7. The standard InChI is InChI=1S/C14H14BrNO2/c1-17-10-8-11-4-6-12(7-5-11)18-14-13(15)3-2-9-16-14/h2-7,9H,8,10H2,1H3. The first-order valence-corrected chi connectivity index (χ1v) is 6.45. The zero-order valence-electron chi connectivity index (χ0n) is 10.1. The molecule has 18 heavy (non-hydrogen) atoms. The zero-order chi connectivity index (χ0) is 12.8. The molecule has 1 heterocycles. The lowest BCUT2D eigenvalue weighted by molar-refractivity contribution is 0.202. The van der Waals surface area contributed by atoms with Crippen molar-refractivity contribution in [3.05, 3.63) is 52.6 Å². The maximum absolute atomic E-state index is 5.68. The van der Waals surface area contributed by atoms with Crippen LogP contribution in [0.4, 0.5) is 0 Å². The number of hydrogen-bond acceptors (Lipinski definition) is 3. The van der Waals surface area contributed by atoms with E-state index in [0.29, 0.717) is 5.88 Å². The molecule has 0 unspecified atom stereocenters. The third-order valence-electron chi connectivity index (χ3n) is 2.46. The van der Waals surface area contributed by atoms with E-state index in [1.54, 1.807) is 13.3 Å². The van der Waals surface area contributed by atoms with Crippen LogP contribution in [0.5, 0.6) is 11.6 Å². The van der Waals surface area contributed by atoms with Gasteiger partial charge < -0.3 is 9.47 Å². The van der Waals surface area contributed by atoms with Crippen LogP contribution in [-0.2, 0) is 11.2 Å². The van der Waals surface area contributed by atoms with Crippen molar-refractivity contribution in [1.82, 2.24) is 4.98 Å². The van der Waals surface area contributed by atoms with Crippen molar-refractivity contribution in [2.45, 2.75) is 6.42 Å². The van der Waals surface area contributed by atoms with E-state index >= 15 is 0 Å². The highest BCUT2D eigenvalue weighted by Gasteiger charge is 2.03. The molecule has 0 saturated carbocycles. The minimum absolute atomic E-state index is 0.571. The van der Waals surface area contributed by atoms with Crippen LogP contribution < -0.4 is 4.74 Å². The molecule has 0 N–H and O–H groups in total. The van der Waals surface area contributed by atoms with Crippen LogP contribution in [0, 0.1) is 0 Å². The van der Waals surface area contributed by atoms with Gasteiger partial charge in [0.1, 0.15) is 5.75 Å². The largest absolute Gasteiger partial charge is 0.438 e. The third-order valence-corrected chi connectivity index (χ3v) is 3.06. The lowest BCUT2D eigenvalue weighted by atomic mass is 10.1. The van der Waals surface area contributed by atoms with Gasteiger partial charge in [0.15, 0.2) is 0 Å². The second-order valence-corrected chi connectivity index (χ2v) is 4.63. The SMILES string of the molecule is COCCc1ccc(Oc2ncccc2Br)cc1. The molecule has 0 bridgehead atoms. The summed E-state index contributed by atoms with van der Waals surface area (Å²) in [6.45, 7) is 0.728. The first kappa shape index (κ1) is 13.1. The molecule has 2 rings (SSSR count). The summed E-state index contributed by atoms with van der Waals surface area (Å²) in [6.07, 6.45) is 2.61. The second-order valence-electron chi connectivity index (χ2n) is 3.78.